The largest absolute Gasteiger partial charge is 0.460 e. The van der Waals surface area contributed by atoms with Crippen LogP contribution in [0.1, 0.15) is 92.1 Å². The second kappa shape index (κ2) is 21.2. The Bertz CT molecular complexity index is 1280. The Morgan fingerprint density at radius 3 is 1.94 bits per heavy atom. The number of hydrogen-bond donors (Lipinski definition) is 7. The maximum absolute atomic E-state index is 13.9. The van der Waals surface area contributed by atoms with Gasteiger partial charge in [0.15, 0.2) is 0 Å². The smallest absolute Gasteiger partial charge is 0.329 e. The molecule has 7 N–H and O–H groups in total. The fourth-order valence-electron chi connectivity index (χ4n) is 5.59. The Kier molecular flexibility index (Phi) is 17.9. The van der Waals surface area contributed by atoms with Crippen LogP contribution in [-0.4, -0.2) is 94.7 Å². The van der Waals surface area contributed by atoms with Gasteiger partial charge in [-0.1, -0.05) is 84.2 Å². The number of ether oxygens (including phenoxy) is 1. The number of carbonyl (C=O) groups is 6. The Labute approximate surface area is 295 Å². The van der Waals surface area contributed by atoms with E-state index in [2.05, 4.69) is 26.6 Å². The summed E-state index contributed by atoms with van der Waals surface area (Å²) in [6, 6.07) is 2.24. The molecule has 0 aromatic heterocycles. The molecule has 1 fully saturated rings. The lowest BCUT2D eigenvalue weighted by atomic mass is 9.97. The number of hydrogen-bond acceptors (Lipinski definition) is 9. The van der Waals surface area contributed by atoms with Gasteiger partial charge >= 0.3 is 5.97 Å². The summed E-state index contributed by atoms with van der Waals surface area (Å²) in [6.45, 7) is 9.75. The molecule has 1 aliphatic rings. The quantitative estimate of drug-likeness (QED) is 0.122. The SMILES string of the molecule is CCCCC[C@@H]1CC(=O)N[C@H](CC(C)C)C(=O)N[C@@H](CO)C(=O)N[C@@H]([C@@H](C)O)C(=O)N[C@H](Cc2ccccc2)C(=O)N[C@@H]([C@@H](C)CC)C(=O)O1. The predicted molar refractivity (Wildman–Crippen MR) is 186 cm³/mol. The second-order valence-electron chi connectivity index (χ2n) is 13.6. The van der Waals surface area contributed by atoms with Gasteiger partial charge < -0.3 is 41.5 Å². The zero-order valence-corrected chi connectivity index (χ0v) is 30.2. The van der Waals surface area contributed by atoms with Gasteiger partial charge in [0.1, 0.15) is 36.3 Å². The number of rotatable bonds is 12. The minimum absolute atomic E-state index is 0.00748. The van der Waals surface area contributed by atoms with Gasteiger partial charge in [0.25, 0.3) is 0 Å². The van der Waals surface area contributed by atoms with Crippen LogP contribution in [-0.2, 0) is 39.9 Å². The third-order valence-corrected chi connectivity index (χ3v) is 8.74. The number of benzene rings is 1. The average Bonchev–Trinajstić information content (AvgIpc) is 3.06. The lowest BCUT2D eigenvalue weighted by Crippen LogP contribution is -2.62. The molecule has 14 heteroatoms. The predicted octanol–water partition coefficient (Wildman–Crippen LogP) is 1.01. The first kappa shape index (κ1) is 42.1. The van der Waals surface area contributed by atoms with Gasteiger partial charge in [-0.3, -0.25) is 24.0 Å². The van der Waals surface area contributed by atoms with E-state index in [1.807, 2.05) is 27.7 Å². The van der Waals surface area contributed by atoms with Gasteiger partial charge in [-0.05, 0) is 43.6 Å². The highest BCUT2D eigenvalue weighted by molar-refractivity contribution is 5.96. The van der Waals surface area contributed by atoms with Crippen LogP contribution in [0.3, 0.4) is 0 Å². The normalized spacial score (nSPS) is 26.2. The summed E-state index contributed by atoms with van der Waals surface area (Å²) in [6.07, 6.45) is 0.896. The van der Waals surface area contributed by atoms with E-state index in [4.69, 9.17) is 4.74 Å². The first-order valence-electron chi connectivity index (χ1n) is 17.7. The molecule has 1 aromatic rings. The van der Waals surface area contributed by atoms with E-state index in [1.54, 1.807) is 37.3 Å². The van der Waals surface area contributed by atoms with Crippen molar-refractivity contribution in [3.05, 3.63) is 35.9 Å². The fraction of sp³-hybridized carbons (Fsp3) is 0.667. The van der Waals surface area contributed by atoms with Crippen molar-refractivity contribution in [3.63, 3.8) is 0 Å². The average molecular weight is 704 g/mol. The molecule has 14 nitrogen and oxygen atoms in total. The zero-order chi connectivity index (χ0) is 37.4. The highest BCUT2D eigenvalue weighted by Gasteiger charge is 2.36. The summed E-state index contributed by atoms with van der Waals surface area (Å²) >= 11 is 0. The van der Waals surface area contributed by atoms with Crippen LogP contribution in [0.4, 0.5) is 0 Å². The Morgan fingerprint density at radius 1 is 0.760 bits per heavy atom. The number of cyclic esters (lactones) is 1. The molecule has 0 unspecified atom stereocenters. The number of carbonyl (C=O) groups excluding carboxylic acids is 6. The van der Waals surface area contributed by atoms with E-state index in [9.17, 15) is 39.0 Å². The van der Waals surface area contributed by atoms with Crippen LogP contribution in [0.25, 0.3) is 0 Å². The number of amides is 5. The van der Waals surface area contributed by atoms with Crippen molar-refractivity contribution in [2.75, 3.05) is 6.61 Å². The molecule has 0 bridgehead atoms. The number of aliphatic hydroxyl groups excluding tert-OH is 2. The first-order chi connectivity index (χ1) is 23.7. The van der Waals surface area contributed by atoms with Gasteiger partial charge in [0, 0.05) is 6.42 Å². The van der Waals surface area contributed by atoms with Gasteiger partial charge in [-0.25, -0.2) is 4.79 Å². The van der Waals surface area contributed by atoms with Crippen LogP contribution in [0.5, 0.6) is 0 Å². The molecule has 0 saturated carbocycles. The molecule has 0 radical (unpaired) electrons. The van der Waals surface area contributed by atoms with E-state index in [-0.39, 0.29) is 25.2 Å². The maximum Gasteiger partial charge on any atom is 0.329 e. The summed E-state index contributed by atoms with van der Waals surface area (Å²) in [5.74, 6) is -5.06. The van der Waals surface area contributed by atoms with E-state index in [0.717, 1.165) is 12.8 Å². The fourth-order valence-corrected chi connectivity index (χ4v) is 5.59. The lowest BCUT2D eigenvalue weighted by Gasteiger charge is -2.29. The van der Waals surface area contributed by atoms with Crippen LogP contribution < -0.4 is 26.6 Å². The monoisotopic (exact) mass is 703 g/mol. The van der Waals surface area contributed by atoms with Gasteiger partial charge in [0.05, 0.1) is 19.1 Å². The standard InChI is InChI=1S/C36H57N5O9/c1-7-9-11-16-25-19-29(44)37-26(17-21(3)4)32(45)39-28(20-42)34(47)41-31(23(6)43)35(48)38-27(18-24-14-12-10-13-15-24)33(46)40-30(22(5)8-2)36(49)50-25/h10,12-15,21-23,25-28,30-31,42-43H,7-9,11,16-20H2,1-6H3,(H,37,44)(H,38,48)(H,39,45)(H,40,46)(H,41,47)/t22-,23+,25+,26+,27+,28-,30-,31-/m0/s1. The van der Waals surface area contributed by atoms with Crippen molar-refractivity contribution < 1.29 is 43.7 Å². The highest BCUT2D eigenvalue weighted by atomic mass is 16.5. The minimum Gasteiger partial charge on any atom is -0.460 e. The third kappa shape index (κ3) is 13.7. The molecule has 280 valence electrons. The van der Waals surface area contributed by atoms with Crippen LogP contribution in [0, 0.1) is 11.8 Å². The second-order valence-corrected chi connectivity index (χ2v) is 13.6. The summed E-state index contributed by atoms with van der Waals surface area (Å²) < 4.78 is 5.91. The summed E-state index contributed by atoms with van der Waals surface area (Å²) in [4.78, 5) is 81.3. The van der Waals surface area contributed by atoms with E-state index >= 15 is 0 Å². The minimum atomic E-state index is -1.59. The van der Waals surface area contributed by atoms with Gasteiger partial charge in [-0.2, -0.15) is 0 Å². The number of unbranched alkanes of at least 4 members (excludes halogenated alkanes) is 2. The Hall–Kier alpha value is -4.04. The lowest BCUT2D eigenvalue weighted by molar-refractivity contribution is -0.156. The zero-order valence-electron chi connectivity index (χ0n) is 30.2. The molecule has 1 heterocycles. The van der Waals surface area contributed by atoms with Gasteiger partial charge in [0.2, 0.25) is 29.5 Å². The molecule has 1 aliphatic heterocycles. The van der Waals surface area contributed by atoms with Gasteiger partial charge in [-0.15, -0.1) is 0 Å². The summed E-state index contributed by atoms with van der Waals surface area (Å²) in [5.41, 5.74) is 0.688. The number of nitrogens with one attached hydrogen (secondary N) is 5. The van der Waals surface area contributed by atoms with E-state index in [0.29, 0.717) is 24.8 Å². The van der Waals surface area contributed by atoms with Crippen molar-refractivity contribution in [1.29, 1.82) is 0 Å². The first-order valence-corrected chi connectivity index (χ1v) is 17.7. The maximum atomic E-state index is 13.9. The number of aliphatic hydroxyl groups is 2. The number of esters is 1. The third-order valence-electron chi connectivity index (χ3n) is 8.74. The highest BCUT2D eigenvalue weighted by Crippen LogP contribution is 2.17. The Balaban J connectivity index is 2.61. The molecule has 50 heavy (non-hydrogen) atoms. The Morgan fingerprint density at radius 2 is 1.36 bits per heavy atom. The molecular formula is C36H57N5O9. The summed E-state index contributed by atoms with van der Waals surface area (Å²) in [7, 11) is 0. The van der Waals surface area contributed by atoms with Crippen molar-refractivity contribution in [2.24, 2.45) is 11.8 Å². The molecule has 0 aliphatic carbocycles. The van der Waals surface area contributed by atoms with E-state index in [1.165, 1.54) is 6.92 Å². The van der Waals surface area contributed by atoms with Crippen molar-refractivity contribution >= 4 is 35.5 Å². The summed E-state index contributed by atoms with van der Waals surface area (Å²) in [5, 5.41) is 33.4. The van der Waals surface area contributed by atoms with Crippen LogP contribution in [0.15, 0.2) is 30.3 Å². The molecule has 1 saturated heterocycles. The van der Waals surface area contributed by atoms with Crippen molar-refractivity contribution in [1.82, 2.24) is 26.6 Å². The molecule has 5 amide bonds. The van der Waals surface area contributed by atoms with Crippen LogP contribution >= 0.6 is 0 Å². The topological polar surface area (TPSA) is 212 Å². The van der Waals surface area contributed by atoms with Crippen LogP contribution in [0.2, 0.25) is 0 Å². The van der Waals surface area contributed by atoms with E-state index < -0.39 is 90.4 Å². The molecule has 0 spiro atoms. The van der Waals surface area contributed by atoms with Crippen molar-refractivity contribution in [2.45, 2.75) is 135 Å². The molecular weight excluding hydrogens is 646 g/mol. The van der Waals surface area contributed by atoms with Crippen molar-refractivity contribution in [3.8, 4) is 0 Å². The molecule has 1 aromatic carbocycles. The molecule has 8 atom stereocenters. The molecule has 2 rings (SSSR count).